The van der Waals surface area contributed by atoms with Crippen LogP contribution in [-0.2, 0) is 0 Å². The average molecular weight is 235 g/mol. The number of aryl methyl sites for hydroxylation is 2. The summed E-state index contributed by atoms with van der Waals surface area (Å²) in [4.78, 5) is 0. The summed E-state index contributed by atoms with van der Waals surface area (Å²) in [5, 5.41) is 3.40. The lowest BCUT2D eigenvalue weighted by molar-refractivity contribution is 0.208. The summed E-state index contributed by atoms with van der Waals surface area (Å²) in [6.45, 7) is 11.7. The van der Waals surface area contributed by atoms with Crippen molar-refractivity contribution in [2.24, 2.45) is 0 Å². The van der Waals surface area contributed by atoms with Crippen LogP contribution >= 0.6 is 0 Å². The number of hydrogen-bond acceptors (Lipinski definition) is 2. The van der Waals surface area contributed by atoms with Gasteiger partial charge in [0.15, 0.2) is 0 Å². The SMILES string of the molecule is Cc1ccc(OC(C)CCNC(C)C)cc1C. The average Bonchev–Trinajstić information content (AvgIpc) is 2.23. The van der Waals surface area contributed by atoms with Gasteiger partial charge in [-0.3, -0.25) is 0 Å². The molecule has 0 aliphatic rings. The molecule has 0 amide bonds. The van der Waals surface area contributed by atoms with Gasteiger partial charge in [0.1, 0.15) is 5.75 Å². The van der Waals surface area contributed by atoms with Crippen LogP contribution in [0.4, 0.5) is 0 Å². The van der Waals surface area contributed by atoms with Gasteiger partial charge >= 0.3 is 0 Å². The highest BCUT2D eigenvalue weighted by atomic mass is 16.5. The number of rotatable bonds is 6. The van der Waals surface area contributed by atoms with Crippen molar-refractivity contribution in [3.05, 3.63) is 29.3 Å². The van der Waals surface area contributed by atoms with Crippen molar-refractivity contribution in [3.8, 4) is 5.75 Å². The van der Waals surface area contributed by atoms with E-state index < -0.39 is 0 Å². The molecule has 0 bridgehead atoms. The Bertz CT molecular complexity index is 347. The largest absolute Gasteiger partial charge is 0.491 e. The molecule has 1 aromatic rings. The van der Waals surface area contributed by atoms with Crippen LogP contribution in [-0.4, -0.2) is 18.7 Å². The quantitative estimate of drug-likeness (QED) is 0.815. The van der Waals surface area contributed by atoms with Gasteiger partial charge in [-0.2, -0.15) is 0 Å². The van der Waals surface area contributed by atoms with E-state index in [1.807, 2.05) is 0 Å². The second-order valence-corrected chi connectivity index (χ2v) is 5.07. The first kappa shape index (κ1) is 14.0. The van der Waals surface area contributed by atoms with Crippen molar-refractivity contribution in [2.45, 2.75) is 53.2 Å². The van der Waals surface area contributed by atoms with Gasteiger partial charge < -0.3 is 10.1 Å². The Morgan fingerprint density at radius 2 is 1.82 bits per heavy atom. The van der Waals surface area contributed by atoms with Crippen molar-refractivity contribution in [1.82, 2.24) is 5.32 Å². The van der Waals surface area contributed by atoms with E-state index in [4.69, 9.17) is 4.74 Å². The Hall–Kier alpha value is -1.02. The monoisotopic (exact) mass is 235 g/mol. The Kier molecular flexibility index (Phi) is 5.49. The predicted octanol–water partition coefficient (Wildman–Crippen LogP) is 3.46. The molecule has 0 heterocycles. The molecule has 1 aromatic carbocycles. The third-order valence-electron chi connectivity index (χ3n) is 2.92. The molecule has 1 N–H and O–H groups in total. The maximum atomic E-state index is 5.89. The van der Waals surface area contributed by atoms with Gasteiger partial charge in [0.25, 0.3) is 0 Å². The molecule has 0 aliphatic heterocycles. The lowest BCUT2D eigenvalue weighted by atomic mass is 10.1. The molecule has 2 nitrogen and oxygen atoms in total. The summed E-state index contributed by atoms with van der Waals surface area (Å²) < 4.78 is 5.89. The Morgan fingerprint density at radius 3 is 2.41 bits per heavy atom. The van der Waals surface area contributed by atoms with Crippen molar-refractivity contribution >= 4 is 0 Å². The van der Waals surface area contributed by atoms with E-state index in [-0.39, 0.29) is 6.10 Å². The molecule has 0 aromatic heterocycles. The maximum absolute atomic E-state index is 5.89. The highest BCUT2D eigenvalue weighted by molar-refractivity contribution is 5.33. The number of hydrogen-bond donors (Lipinski definition) is 1. The van der Waals surface area contributed by atoms with E-state index in [0.717, 1.165) is 18.7 Å². The lowest BCUT2D eigenvalue weighted by Crippen LogP contribution is -2.27. The first-order valence-electron chi connectivity index (χ1n) is 6.46. The van der Waals surface area contributed by atoms with Crippen molar-refractivity contribution in [3.63, 3.8) is 0 Å². The lowest BCUT2D eigenvalue weighted by Gasteiger charge is -2.16. The standard InChI is InChI=1S/C15H25NO/c1-11(2)16-9-8-14(5)17-15-7-6-12(3)13(4)10-15/h6-7,10-11,14,16H,8-9H2,1-5H3. The van der Waals surface area contributed by atoms with E-state index in [1.54, 1.807) is 0 Å². The second kappa shape index (κ2) is 6.65. The smallest absolute Gasteiger partial charge is 0.119 e. The van der Waals surface area contributed by atoms with Crippen LogP contribution in [0.15, 0.2) is 18.2 Å². The molecule has 1 rings (SSSR count). The molecule has 0 aliphatic carbocycles. The molecule has 0 saturated carbocycles. The minimum Gasteiger partial charge on any atom is -0.491 e. The fourth-order valence-electron chi connectivity index (χ4n) is 1.65. The molecular formula is C15H25NO. The molecule has 0 spiro atoms. The normalized spacial score (nSPS) is 12.8. The molecule has 1 atom stereocenters. The van der Waals surface area contributed by atoms with Gasteiger partial charge in [-0.05, 0) is 57.0 Å². The summed E-state index contributed by atoms with van der Waals surface area (Å²) in [6, 6.07) is 6.82. The van der Waals surface area contributed by atoms with E-state index in [9.17, 15) is 0 Å². The van der Waals surface area contributed by atoms with Crippen LogP contribution < -0.4 is 10.1 Å². The molecular weight excluding hydrogens is 210 g/mol. The first-order chi connectivity index (χ1) is 7.99. The van der Waals surface area contributed by atoms with E-state index in [1.165, 1.54) is 11.1 Å². The summed E-state index contributed by atoms with van der Waals surface area (Å²) in [7, 11) is 0. The van der Waals surface area contributed by atoms with Crippen LogP contribution in [0.2, 0.25) is 0 Å². The molecule has 1 unspecified atom stereocenters. The van der Waals surface area contributed by atoms with Crippen LogP contribution in [0, 0.1) is 13.8 Å². The van der Waals surface area contributed by atoms with E-state index in [2.05, 4.69) is 58.1 Å². The van der Waals surface area contributed by atoms with Gasteiger partial charge in [-0.25, -0.2) is 0 Å². The zero-order valence-corrected chi connectivity index (χ0v) is 11.7. The molecule has 17 heavy (non-hydrogen) atoms. The van der Waals surface area contributed by atoms with Gasteiger partial charge in [-0.1, -0.05) is 19.9 Å². The number of ether oxygens (including phenoxy) is 1. The maximum Gasteiger partial charge on any atom is 0.119 e. The van der Waals surface area contributed by atoms with Gasteiger partial charge in [-0.15, -0.1) is 0 Å². The minimum absolute atomic E-state index is 0.253. The van der Waals surface area contributed by atoms with E-state index >= 15 is 0 Å². The Morgan fingerprint density at radius 1 is 1.12 bits per heavy atom. The first-order valence-corrected chi connectivity index (χ1v) is 6.46. The molecule has 96 valence electrons. The zero-order chi connectivity index (χ0) is 12.8. The van der Waals surface area contributed by atoms with Crippen LogP contribution in [0.3, 0.4) is 0 Å². The predicted molar refractivity (Wildman–Crippen MR) is 73.8 cm³/mol. The van der Waals surface area contributed by atoms with Crippen molar-refractivity contribution < 1.29 is 4.74 Å². The molecule has 2 heteroatoms. The summed E-state index contributed by atoms with van der Waals surface area (Å²) in [6.07, 6.45) is 1.29. The highest BCUT2D eigenvalue weighted by Gasteiger charge is 2.05. The topological polar surface area (TPSA) is 21.3 Å². The number of benzene rings is 1. The molecule has 0 fully saturated rings. The fourth-order valence-corrected chi connectivity index (χ4v) is 1.65. The van der Waals surface area contributed by atoms with Gasteiger partial charge in [0, 0.05) is 6.04 Å². The highest BCUT2D eigenvalue weighted by Crippen LogP contribution is 2.18. The van der Waals surface area contributed by atoms with E-state index in [0.29, 0.717) is 6.04 Å². The third-order valence-corrected chi connectivity index (χ3v) is 2.92. The summed E-state index contributed by atoms with van der Waals surface area (Å²) >= 11 is 0. The molecule has 0 saturated heterocycles. The third kappa shape index (κ3) is 5.22. The van der Waals surface area contributed by atoms with Crippen LogP contribution in [0.5, 0.6) is 5.75 Å². The van der Waals surface area contributed by atoms with Crippen molar-refractivity contribution in [2.75, 3.05) is 6.54 Å². The molecule has 0 radical (unpaired) electrons. The Balaban J connectivity index is 2.39. The summed E-state index contributed by atoms with van der Waals surface area (Å²) in [5.41, 5.74) is 2.60. The van der Waals surface area contributed by atoms with Crippen LogP contribution in [0.1, 0.15) is 38.3 Å². The second-order valence-electron chi connectivity index (χ2n) is 5.07. The zero-order valence-electron chi connectivity index (χ0n) is 11.7. The minimum atomic E-state index is 0.253. The fraction of sp³-hybridized carbons (Fsp3) is 0.600. The summed E-state index contributed by atoms with van der Waals surface area (Å²) in [5.74, 6) is 0.977. The van der Waals surface area contributed by atoms with Crippen molar-refractivity contribution in [1.29, 1.82) is 0 Å². The van der Waals surface area contributed by atoms with Crippen LogP contribution in [0.25, 0.3) is 0 Å². The van der Waals surface area contributed by atoms with Gasteiger partial charge in [0.2, 0.25) is 0 Å². The van der Waals surface area contributed by atoms with Gasteiger partial charge in [0.05, 0.1) is 6.10 Å². The Labute approximate surface area is 105 Å². The number of nitrogens with one attached hydrogen (secondary N) is 1.